The van der Waals surface area contributed by atoms with Gasteiger partial charge in [0.2, 0.25) is 0 Å². The Morgan fingerprint density at radius 1 is 0.478 bits per heavy atom. The zero-order chi connectivity index (χ0) is 30.2. The lowest BCUT2D eigenvalue weighted by Crippen LogP contribution is -2.42. The Bertz CT molecular complexity index is 1960. The van der Waals surface area contributed by atoms with Crippen LogP contribution in [0.15, 0.2) is 133 Å². The zero-order valence-corrected chi connectivity index (χ0v) is 25.3. The summed E-state index contributed by atoms with van der Waals surface area (Å²) in [4.78, 5) is 16.3. The summed E-state index contributed by atoms with van der Waals surface area (Å²) in [6, 6.07) is 47.5. The minimum absolute atomic E-state index is 0.0552. The van der Waals surface area contributed by atoms with E-state index in [1.807, 2.05) is 0 Å². The fourth-order valence-corrected chi connectivity index (χ4v) is 10.9. The molecule has 3 fully saturated rings. The molecule has 5 aromatic carbocycles. The molecule has 0 N–H and O–H groups in total. The fraction of sp³-hybridized carbons (Fsp3) is 0.233. The number of allylic oxidation sites excluding steroid dienone is 2. The predicted octanol–water partition coefficient (Wildman–Crippen LogP) is 9.03. The summed E-state index contributed by atoms with van der Waals surface area (Å²) < 4.78 is 13.7. The van der Waals surface area contributed by atoms with Crippen LogP contribution < -0.4 is 0 Å². The number of Topliss-reactive ketones (excluding diaryl/α,β-unsaturated/α-hetero) is 1. The van der Waals surface area contributed by atoms with Crippen molar-refractivity contribution in [2.75, 3.05) is 0 Å². The summed E-state index contributed by atoms with van der Waals surface area (Å²) in [6.45, 7) is 0. The van der Waals surface area contributed by atoms with E-state index >= 15 is 4.79 Å². The van der Waals surface area contributed by atoms with Crippen molar-refractivity contribution in [2.45, 2.75) is 48.1 Å². The molecule has 4 heterocycles. The number of benzene rings is 5. The smallest absolute Gasteiger partial charge is 0.163 e. The van der Waals surface area contributed by atoms with Gasteiger partial charge in [-0.05, 0) is 80.6 Å². The molecule has 3 nitrogen and oxygen atoms in total. The van der Waals surface area contributed by atoms with Crippen molar-refractivity contribution < 1.29 is 14.3 Å². The van der Waals surface area contributed by atoms with E-state index in [-0.39, 0.29) is 36.3 Å². The van der Waals surface area contributed by atoms with Gasteiger partial charge < -0.3 is 9.47 Å². The molecule has 11 rings (SSSR count). The number of fused-ring (bicyclic) bond motifs is 17. The van der Waals surface area contributed by atoms with Crippen molar-refractivity contribution in [1.29, 1.82) is 0 Å². The molecule has 0 unspecified atom stereocenters. The Kier molecular flexibility index (Phi) is 4.91. The lowest BCUT2D eigenvalue weighted by molar-refractivity contribution is -0.125. The molecular formula is C43H32O3. The normalized spacial score (nSPS) is 33.9. The Balaban J connectivity index is 1.29. The first-order valence-electron chi connectivity index (χ1n) is 16.7. The van der Waals surface area contributed by atoms with Gasteiger partial charge in [-0.3, -0.25) is 4.79 Å². The van der Waals surface area contributed by atoms with Crippen molar-refractivity contribution >= 4 is 16.9 Å². The number of ether oxygens (including phenoxy) is 2. The van der Waals surface area contributed by atoms with E-state index in [1.165, 1.54) is 22.3 Å². The maximum Gasteiger partial charge on any atom is 0.163 e. The first-order valence-corrected chi connectivity index (χ1v) is 16.7. The highest BCUT2D eigenvalue weighted by atomic mass is 16.5. The third kappa shape index (κ3) is 2.79. The molecular weight excluding hydrogens is 564 g/mol. The summed E-state index contributed by atoms with van der Waals surface area (Å²) in [5.41, 5.74) is 10.1. The van der Waals surface area contributed by atoms with Crippen LogP contribution >= 0.6 is 0 Å². The van der Waals surface area contributed by atoms with Crippen LogP contribution in [0.1, 0.15) is 81.8 Å². The summed E-state index contributed by atoms with van der Waals surface area (Å²) in [6.07, 6.45) is 2.18. The molecule has 2 saturated heterocycles. The quantitative estimate of drug-likeness (QED) is 0.208. The van der Waals surface area contributed by atoms with Crippen LogP contribution in [0.5, 0.6) is 0 Å². The van der Waals surface area contributed by atoms with Gasteiger partial charge in [0, 0.05) is 11.8 Å². The van der Waals surface area contributed by atoms with Crippen molar-refractivity contribution in [1.82, 2.24) is 0 Å². The van der Waals surface area contributed by atoms with Crippen molar-refractivity contribution in [3.05, 3.63) is 178 Å². The van der Waals surface area contributed by atoms with E-state index < -0.39 is 10.8 Å². The molecule has 0 amide bonds. The lowest BCUT2D eigenvalue weighted by atomic mass is 9.54. The monoisotopic (exact) mass is 596 g/mol. The standard InChI is InChI=1S/C43H32O3/c44-41-42(27-17-9-3-10-18-27)35(25-13-5-1-6-14-25)36(26-15-7-2-8-16-26)43(41,28-19-11-4-12-20-28)38-37(42)39-31-23-29-30(24-32(31)40(38)46-39)34-22-21-33(29)45-34/h1-20,23-24,33-34,37-40H,21-22H2/t33-,34-,37-,38-,39+,40+,42+,43+/m1/s1. The van der Waals surface area contributed by atoms with Crippen LogP contribution in [-0.2, 0) is 25.1 Å². The molecule has 46 heavy (non-hydrogen) atoms. The molecule has 4 aliphatic heterocycles. The molecule has 0 spiro atoms. The number of carbonyl (C=O) groups is 1. The van der Waals surface area contributed by atoms with E-state index in [9.17, 15) is 0 Å². The van der Waals surface area contributed by atoms with Gasteiger partial charge in [0.1, 0.15) is 0 Å². The molecule has 3 heteroatoms. The summed E-state index contributed by atoms with van der Waals surface area (Å²) in [7, 11) is 0. The SMILES string of the molecule is O=C1[C@@]2(c3ccccc3)C(c3ccccc3)=C(c3ccccc3)[C@@]1(c1ccccc1)[C@@H]1[C@@H]2[C@H]2O[C@H]1c1cc3c(cc12)[C@H]1CC[C@H]3O1. The summed E-state index contributed by atoms with van der Waals surface area (Å²) in [5.74, 6) is 0.188. The number of carbonyl (C=O) groups excluding carboxylic acids is 1. The van der Waals surface area contributed by atoms with Crippen LogP contribution in [0, 0.1) is 11.8 Å². The van der Waals surface area contributed by atoms with Gasteiger partial charge in [0.05, 0.1) is 35.2 Å². The summed E-state index contributed by atoms with van der Waals surface area (Å²) in [5, 5.41) is 0. The molecule has 1 saturated carbocycles. The van der Waals surface area contributed by atoms with Gasteiger partial charge in [0.15, 0.2) is 5.78 Å². The average Bonchev–Trinajstić information content (AvgIpc) is 3.97. The summed E-state index contributed by atoms with van der Waals surface area (Å²) >= 11 is 0. The lowest BCUT2D eigenvalue weighted by Gasteiger charge is -2.45. The highest BCUT2D eigenvalue weighted by Crippen LogP contribution is 2.81. The van der Waals surface area contributed by atoms with Crippen LogP contribution in [0.3, 0.4) is 0 Å². The minimum Gasteiger partial charge on any atom is -0.366 e. The van der Waals surface area contributed by atoms with Crippen LogP contribution in [0.4, 0.5) is 0 Å². The highest BCUT2D eigenvalue weighted by Gasteiger charge is 2.82. The van der Waals surface area contributed by atoms with Crippen LogP contribution in [-0.4, -0.2) is 5.78 Å². The van der Waals surface area contributed by atoms with Crippen LogP contribution in [0.2, 0.25) is 0 Å². The molecule has 6 aliphatic rings. The maximum atomic E-state index is 16.3. The van der Waals surface area contributed by atoms with E-state index in [4.69, 9.17) is 9.47 Å². The first-order chi connectivity index (χ1) is 22.7. The van der Waals surface area contributed by atoms with Gasteiger partial charge >= 0.3 is 0 Å². The number of ketones is 1. The fourth-order valence-electron chi connectivity index (χ4n) is 10.9. The van der Waals surface area contributed by atoms with Gasteiger partial charge in [0.25, 0.3) is 0 Å². The Morgan fingerprint density at radius 2 is 0.870 bits per heavy atom. The Labute approximate surface area is 268 Å². The van der Waals surface area contributed by atoms with Crippen molar-refractivity contribution in [3.8, 4) is 0 Å². The van der Waals surface area contributed by atoms with E-state index in [0.29, 0.717) is 5.78 Å². The highest BCUT2D eigenvalue weighted by molar-refractivity contribution is 6.30. The number of hydrogen-bond acceptors (Lipinski definition) is 3. The molecule has 5 aromatic rings. The maximum absolute atomic E-state index is 16.3. The number of hydrogen-bond donors (Lipinski definition) is 0. The van der Waals surface area contributed by atoms with E-state index in [1.54, 1.807) is 0 Å². The third-order valence-electron chi connectivity index (χ3n) is 12.3. The topological polar surface area (TPSA) is 35.5 Å². The second-order valence-electron chi connectivity index (χ2n) is 14.0. The second-order valence-corrected chi connectivity index (χ2v) is 14.0. The predicted molar refractivity (Wildman–Crippen MR) is 177 cm³/mol. The molecule has 0 aromatic heterocycles. The minimum atomic E-state index is -0.889. The second kappa shape index (κ2) is 8.82. The molecule has 6 bridgehead atoms. The molecule has 8 atom stereocenters. The largest absolute Gasteiger partial charge is 0.366 e. The van der Waals surface area contributed by atoms with Gasteiger partial charge in [-0.2, -0.15) is 0 Å². The van der Waals surface area contributed by atoms with Crippen molar-refractivity contribution in [2.24, 2.45) is 11.8 Å². The van der Waals surface area contributed by atoms with Gasteiger partial charge in [-0.15, -0.1) is 0 Å². The molecule has 222 valence electrons. The Hall–Kier alpha value is -4.57. The van der Waals surface area contributed by atoms with Gasteiger partial charge in [-0.1, -0.05) is 121 Å². The van der Waals surface area contributed by atoms with Crippen molar-refractivity contribution in [3.63, 3.8) is 0 Å². The third-order valence-corrected chi connectivity index (χ3v) is 12.3. The first kappa shape index (κ1) is 25.6. The average molecular weight is 597 g/mol. The zero-order valence-electron chi connectivity index (χ0n) is 25.3. The van der Waals surface area contributed by atoms with Gasteiger partial charge in [-0.25, -0.2) is 0 Å². The van der Waals surface area contributed by atoms with E-state index in [0.717, 1.165) is 46.2 Å². The Morgan fingerprint density at radius 3 is 1.28 bits per heavy atom. The molecule has 0 radical (unpaired) electrons. The van der Waals surface area contributed by atoms with E-state index in [2.05, 4.69) is 133 Å². The molecule has 2 aliphatic carbocycles. The van der Waals surface area contributed by atoms with Crippen LogP contribution in [0.25, 0.3) is 11.1 Å². The number of rotatable bonds is 4.